The van der Waals surface area contributed by atoms with Crippen LogP contribution in [0, 0.1) is 23.7 Å². The summed E-state index contributed by atoms with van der Waals surface area (Å²) in [7, 11) is 0. The average molecular weight is 264 g/mol. The Hall–Kier alpha value is -0.190. The van der Waals surface area contributed by atoms with E-state index in [4.69, 9.17) is 0 Å². The highest BCUT2D eigenvalue weighted by atomic mass is 32.2. The van der Waals surface area contributed by atoms with Gasteiger partial charge >= 0.3 is 11.2 Å². The smallest absolute Gasteiger partial charge is 0.198 e. The van der Waals surface area contributed by atoms with Gasteiger partial charge in [-0.2, -0.15) is 17.6 Å². The van der Waals surface area contributed by atoms with Gasteiger partial charge in [-0.25, -0.2) is 0 Å². The van der Waals surface area contributed by atoms with Crippen LogP contribution in [-0.4, -0.2) is 16.4 Å². The third kappa shape index (κ3) is 1.04. The van der Waals surface area contributed by atoms with Gasteiger partial charge < -0.3 is 0 Å². The molecule has 1 saturated heterocycles. The van der Waals surface area contributed by atoms with E-state index in [2.05, 4.69) is 6.08 Å². The molecule has 3 aliphatic carbocycles. The lowest BCUT2D eigenvalue weighted by Gasteiger charge is -2.33. The van der Waals surface area contributed by atoms with Crippen molar-refractivity contribution in [1.29, 1.82) is 0 Å². The summed E-state index contributed by atoms with van der Waals surface area (Å²) in [6, 6.07) is 0. The molecule has 94 valence electrons. The molecule has 0 nitrogen and oxygen atoms in total. The van der Waals surface area contributed by atoms with Crippen LogP contribution >= 0.6 is 11.8 Å². The molecule has 2 bridgehead atoms. The van der Waals surface area contributed by atoms with Gasteiger partial charge in [0.1, 0.15) is 0 Å². The SMILES string of the molecule is FC1(F)S[C@H]2[C@@H]([C@H]3C[C@H]2C2=CCC[C@H]23)C1(F)F. The van der Waals surface area contributed by atoms with Crippen LogP contribution < -0.4 is 0 Å². The number of fused-ring (bicyclic) bond motifs is 8. The van der Waals surface area contributed by atoms with Crippen LogP contribution in [0.2, 0.25) is 0 Å². The quantitative estimate of drug-likeness (QED) is 0.472. The zero-order chi connectivity index (χ0) is 12.0. The maximum atomic E-state index is 13.8. The predicted molar refractivity (Wildman–Crippen MR) is 57.2 cm³/mol. The maximum Gasteiger partial charge on any atom is 0.356 e. The minimum Gasteiger partial charge on any atom is -0.198 e. The Labute approximate surface area is 101 Å². The molecule has 0 aromatic rings. The molecule has 4 rings (SSSR count). The summed E-state index contributed by atoms with van der Waals surface area (Å²) in [5.74, 6) is -4.92. The van der Waals surface area contributed by atoms with Gasteiger partial charge in [0.15, 0.2) is 0 Å². The first-order chi connectivity index (χ1) is 7.93. The van der Waals surface area contributed by atoms with E-state index in [9.17, 15) is 17.6 Å². The van der Waals surface area contributed by atoms with Crippen molar-refractivity contribution in [2.45, 2.75) is 35.7 Å². The molecule has 1 heterocycles. The first-order valence-electron chi connectivity index (χ1n) is 6.07. The summed E-state index contributed by atoms with van der Waals surface area (Å²) in [6.07, 6.45) is 4.66. The average Bonchev–Trinajstić information content (AvgIpc) is 2.85. The van der Waals surface area contributed by atoms with Crippen molar-refractivity contribution >= 4 is 11.8 Å². The minimum atomic E-state index is -3.86. The minimum absolute atomic E-state index is 0.00162. The van der Waals surface area contributed by atoms with E-state index in [-0.39, 0.29) is 29.5 Å². The third-order valence-corrected chi connectivity index (χ3v) is 6.52. The molecule has 3 fully saturated rings. The molecule has 0 spiro atoms. The van der Waals surface area contributed by atoms with E-state index in [1.54, 1.807) is 0 Å². The highest BCUT2D eigenvalue weighted by molar-refractivity contribution is 8.01. The second kappa shape index (κ2) is 2.86. The van der Waals surface area contributed by atoms with Crippen LogP contribution in [0.5, 0.6) is 0 Å². The Bertz CT molecular complexity index is 417. The Morgan fingerprint density at radius 3 is 2.71 bits per heavy atom. The van der Waals surface area contributed by atoms with Gasteiger partial charge in [0.25, 0.3) is 0 Å². The Morgan fingerprint density at radius 1 is 1.18 bits per heavy atom. The number of allylic oxidation sites excluding steroid dienone is 2. The molecule has 0 radical (unpaired) electrons. The van der Waals surface area contributed by atoms with Gasteiger partial charge in [-0.05, 0) is 37.0 Å². The lowest BCUT2D eigenvalue weighted by Crippen LogP contribution is -2.43. The highest BCUT2D eigenvalue weighted by Gasteiger charge is 2.77. The molecular formula is C12H12F4S. The summed E-state index contributed by atoms with van der Waals surface area (Å²) in [5.41, 5.74) is 1.22. The Kier molecular flexibility index (Phi) is 1.80. The van der Waals surface area contributed by atoms with E-state index < -0.39 is 22.3 Å². The molecule has 2 saturated carbocycles. The lowest BCUT2D eigenvalue weighted by atomic mass is 9.75. The van der Waals surface area contributed by atoms with Crippen LogP contribution in [0.4, 0.5) is 17.6 Å². The molecule has 0 aromatic carbocycles. The number of rotatable bonds is 0. The second-order valence-corrected chi connectivity index (χ2v) is 6.93. The van der Waals surface area contributed by atoms with E-state index in [1.165, 1.54) is 5.57 Å². The fraction of sp³-hybridized carbons (Fsp3) is 0.833. The van der Waals surface area contributed by atoms with Gasteiger partial charge in [-0.3, -0.25) is 0 Å². The number of thioether (sulfide) groups is 1. The van der Waals surface area contributed by atoms with Crippen molar-refractivity contribution in [3.8, 4) is 0 Å². The molecule has 0 unspecified atom stereocenters. The van der Waals surface area contributed by atoms with Crippen molar-refractivity contribution in [3.05, 3.63) is 11.6 Å². The number of alkyl halides is 4. The van der Waals surface area contributed by atoms with E-state index in [0.717, 1.165) is 12.8 Å². The van der Waals surface area contributed by atoms with Crippen LogP contribution in [-0.2, 0) is 0 Å². The van der Waals surface area contributed by atoms with Gasteiger partial charge in [-0.15, -0.1) is 0 Å². The molecule has 5 atom stereocenters. The monoisotopic (exact) mass is 264 g/mol. The van der Waals surface area contributed by atoms with E-state index in [1.807, 2.05) is 0 Å². The van der Waals surface area contributed by atoms with Crippen molar-refractivity contribution in [3.63, 3.8) is 0 Å². The van der Waals surface area contributed by atoms with Gasteiger partial charge in [0.05, 0.1) is 0 Å². The number of hydrogen-bond acceptors (Lipinski definition) is 1. The molecule has 17 heavy (non-hydrogen) atoms. The fourth-order valence-electron chi connectivity index (χ4n) is 4.52. The predicted octanol–water partition coefficient (Wildman–Crippen LogP) is 3.93. The Balaban J connectivity index is 1.79. The zero-order valence-corrected chi connectivity index (χ0v) is 9.82. The standard InChI is InChI=1S/C12H12F4S/c13-11(14)9-7-4-8(6-3-1-2-5(6)7)10(9)17-12(11,15)16/h3,5,7-10H,1-2,4H2/t5-,7+,8+,9-,10-/m1/s1. The normalized spacial score (nSPS) is 52.5. The summed E-state index contributed by atoms with van der Waals surface area (Å²) < 4.78 is 54.4. The molecule has 0 amide bonds. The molecule has 5 heteroatoms. The Morgan fingerprint density at radius 2 is 1.94 bits per heavy atom. The van der Waals surface area contributed by atoms with Crippen molar-refractivity contribution < 1.29 is 17.6 Å². The summed E-state index contributed by atoms with van der Waals surface area (Å²) in [6.45, 7) is 0. The zero-order valence-electron chi connectivity index (χ0n) is 9.01. The second-order valence-electron chi connectivity index (χ2n) is 5.64. The largest absolute Gasteiger partial charge is 0.356 e. The summed E-state index contributed by atoms with van der Waals surface area (Å²) in [4.78, 5) is 0. The molecule has 0 N–H and O–H groups in total. The molecule has 1 aliphatic heterocycles. The molecular weight excluding hydrogens is 252 g/mol. The van der Waals surface area contributed by atoms with Crippen LogP contribution in [0.1, 0.15) is 19.3 Å². The van der Waals surface area contributed by atoms with Crippen LogP contribution in [0.15, 0.2) is 11.6 Å². The maximum absolute atomic E-state index is 13.8. The van der Waals surface area contributed by atoms with Crippen LogP contribution in [0.25, 0.3) is 0 Å². The van der Waals surface area contributed by atoms with Gasteiger partial charge in [0.2, 0.25) is 0 Å². The number of halogens is 4. The highest BCUT2D eigenvalue weighted by Crippen LogP contribution is 2.73. The van der Waals surface area contributed by atoms with Gasteiger partial charge in [0, 0.05) is 11.2 Å². The molecule has 4 aliphatic rings. The van der Waals surface area contributed by atoms with Gasteiger partial charge in [-0.1, -0.05) is 23.4 Å². The topological polar surface area (TPSA) is 0 Å². The third-order valence-electron chi connectivity index (χ3n) is 5.06. The van der Waals surface area contributed by atoms with Crippen LogP contribution in [0.3, 0.4) is 0 Å². The van der Waals surface area contributed by atoms with Crippen molar-refractivity contribution in [2.75, 3.05) is 0 Å². The number of hydrogen-bond donors (Lipinski definition) is 0. The summed E-state index contributed by atoms with van der Waals surface area (Å²) in [5, 5.41) is -4.41. The van der Waals surface area contributed by atoms with Crippen molar-refractivity contribution in [2.24, 2.45) is 23.7 Å². The van der Waals surface area contributed by atoms with E-state index in [0.29, 0.717) is 6.42 Å². The first kappa shape index (κ1) is 10.7. The fourth-order valence-corrected chi connectivity index (χ4v) is 6.10. The molecule has 0 aromatic heterocycles. The van der Waals surface area contributed by atoms with E-state index >= 15 is 0 Å². The van der Waals surface area contributed by atoms with Crippen molar-refractivity contribution in [1.82, 2.24) is 0 Å². The summed E-state index contributed by atoms with van der Waals surface area (Å²) >= 11 is 0.233. The first-order valence-corrected chi connectivity index (χ1v) is 6.95. The lowest BCUT2D eigenvalue weighted by molar-refractivity contribution is -0.184.